The lowest BCUT2D eigenvalue weighted by Gasteiger charge is -2.13. The number of amides is 3. The van der Waals surface area contributed by atoms with Gasteiger partial charge in [-0.25, -0.2) is 0 Å². The Kier molecular flexibility index (Phi) is 4.46. The highest BCUT2D eigenvalue weighted by Gasteiger charge is 2.30. The monoisotopic (exact) mass is 386 g/mol. The number of nitrogens with zero attached hydrogens (tertiary/aromatic N) is 2. The fourth-order valence-corrected chi connectivity index (χ4v) is 2.53. The summed E-state index contributed by atoms with van der Waals surface area (Å²) in [4.78, 5) is 37.1. The van der Waals surface area contributed by atoms with Gasteiger partial charge in [-0.2, -0.15) is 0 Å². The van der Waals surface area contributed by atoms with Crippen LogP contribution < -0.4 is 20.7 Å². The lowest BCUT2D eigenvalue weighted by molar-refractivity contribution is -0.117. The van der Waals surface area contributed by atoms with E-state index in [1.807, 2.05) is 0 Å². The largest absolute Gasteiger partial charge is 0.496 e. The molecule has 1 saturated carbocycles. The number of hydrogen-bond acceptors (Lipinski definition) is 6. The van der Waals surface area contributed by atoms with Crippen LogP contribution in [0.25, 0.3) is 0 Å². The first-order valence-electron chi connectivity index (χ1n) is 10.0. The zero-order valence-electron chi connectivity index (χ0n) is 18.3. The molecule has 0 spiro atoms. The molecule has 9 heteroatoms. The van der Waals surface area contributed by atoms with Gasteiger partial charge in [0.15, 0.2) is 11.5 Å². The van der Waals surface area contributed by atoms with E-state index in [-0.39, 0.29) is 45.9 Å². The molecule has 1 aliphatic carbocycles. The van der Waals surface area contributed by atoms with Gasteiger partial charge in [-0.05, 0) is 31.3 Å². The molecule has 1 heterocycles. The van der Waals surface area contributed by atoms with E-state index in [1.54, 1.807) is 0 Å². The Bertz CT molecular complexity index is 1040. The minimum absolute atomic E-state index is 0.00760. The predicted molar refractivity (Wildman–Crippen MR) is 102 cm³/mol. The maximum Gasteiger partial charge on any atom is 0.273 e. The normalized spacial score (nSPS) is 14.9. The van der Waals surface area contributed by atoms with Gasteiger partial charge in [-0.15, -0.1) is 10.2 Å². The van der Waals surface area contributed by atoms with Crippen LogP contribution in [0.2, 0.25) is 0 Å². The second-order valence-electron chi connectivity index (χ2n) is 6.18. The van der Waals surface area contributed by atoms with Gasteiger partial charge < -0.3 is 20.7 Å². The first-order chi connectivity index (χ1) is 14.7. The zero-order valence-corrected chi connectivity index (χ0v) is 15.3. The van der Waals surface area contributed by atoms with Crippen molar-refractivity contribution in [2.24, 2.45) is 5.92 Å². The van der Waals surface area contributed by atoms with Crippen LogP contribution in [0.15, 0.2) is 24.3 Å². The molecule has 1 fully saturated rings. The zero-order chi connectivity index (χ0) is 22.8. The topological polar surface area (TPSA) is 122 Å². The van der Waals surface area contributed by atoms with Crippen molar-refractivity contribution in [3.8, 4) is 5.75 Å². The van der Waals surface area contributed by atoms with Gasteiger partial charge in [0.25, 0.3) is 11.8 Å². The van der Waals surface area contributed by atoms with E-state index in [0.29, 0.717) is 0 Å². The molecular formula is C19H21N5O4. The summed E-state index contributed by atoms with van der Waals surface area (Å²) in [5, 5.41) is 15.2. The summed E-state index contributed by atoms with van der Waals surface area (Å²) in [7, 11) is 2.65. The number of ether oxygens (including phenoxy) is 1. The van der Waals surface area contributed by atoms with Crippen LogP contribution in [-0.4, -0.2) is 42.1 Å². The average molecular weight is 386 g/mol. The van der Waals surface area contributed by atoms with E-state index >= 15 is 0 Å². The Morgan fingerprint density at radius 3 is 2.61 bits per heavy atom. The molecule has 3 amide bonds. The SMILES string of the molecule is [2H]C([2H])([2H])c1cccc(C(=O)Nc2cc(NC(=O)C3CC3)nnc2C(=O)NC)c1OC. The van der Waals surface area contributed by atoms with E-state index in [2.05, 4.69) is 26.1 Å². The second-order valence-corrected chi connectivity index (χ2v) is 6.18. The van der Waals surface area contributed by atoms with Crippen LogP contribution in [0.1, 0.15) is 43.4 Å². The van der Waals surface area contributed by atoms with Crippen molar-refractivity contribution in [3.05, 3.63) is 41.1 Å². The molecule has 0 saturated heterocycles. The van der Waals surface area contributed by atoms with Crippen molar-refractivity contribution in [1.29, 1.82) is 0 Å². The van der Waals surface area contributed by atoms with Crippen molar-refractivity contribution >= 4 is 29.2 Å². The van der Waals surface area contributed by atoms with Crippen LogP contribution in [0, 0.1) is 12.8 Å². The van der Waals surface area contributed by atoms with Gasteiger partial charge in [0.1, 0.15) is 5.75 Å². The van der Waals surface area contributed by atoms with Gasteiger partial charge >= 0.3 is 0 Å². The van der Waals surface area contributed by atoms with Crippen LogP contribution in [0.4, 0.5) is 11.5 Å². The number of anilines is 2. The fraction of sp³-hybridized carbons (Fsp3) is 0.316. The van der Waals surface area contributed by atoms with Crippen molar-refractivity contribution in [1.82, 2.24) is 15.5 Å². The Morgan fingerprint density at radius 1 is 1.18 bits per heavy atom. The van der Waals surface area contributed by atoms with Crippen LogP contribution in [0.5, 0.6) is 5.75 Å². The fourth-order valence-electron chi connectivity index (χ4n) is 2.53. The van der Waals surface area contributed by atoms with E-state index in [4.69, 9.17) is 8.85 Å². The quantitative estimate of drug-likeness (QED) is 0.695. The number of benzene rings is 1. The summed E-state index contributed by atoms with van der Waals surface area (Å²) >= 11 is 0. The molecule has 1 aliphatic rings. The molecule has 1 aromatic heterocycles. The Hall–Kier alpha value is -3.49. The van der Waals surface area contributed by atoms with Crippen molar-refractivity contribution < 1.29 is 23.2 Å². The van der Waals surface area contributed by atoms with E-state index in [1.165, 1.54) is 38.4 Å². The van der Waals surface area contributed by atoms with E-state index < -0.39 is 18.7 Å². The molecule has 0 unspecified atom stereocenters. The summed E-state index contributed by atoms with van der Waals surface area (Å²) in [6, 6.07) is 5.48. The molecule has 3 N–H and O–H groups in total. The van der Waals surface area contributed by atoms with Crippen molar-refractivity contribution in [2.75, 3.05) is 24.8 Å². The van der Waals surface area contributed by atoms with Crippen molar-refractivity contribution in [2.45, 2.75) is 19.7 Å². The maximum absolute atomic E-state index is 12.9. The first-order valence-corrected chi connectivity index (χ1v) is 8.55. The Morgan fingerprint density at radius 2 is 1.96 bits per heavy atom. The first kappa shape index (κ1) is 15.6. The molecule has 1 aromatic carbocycles. The third kappa shape index (κ3) is 4.08. The molecule has 146 valence electrons. The van der Waals surface area contributed by atoms with Crippen LogP contribution >= 0.6 is 0 Å². The second kappa shape index (κ2) is 8.03. The predicted octanol–water partition coefficient (Wildman–Crippen LogP) is 1.75. The summed E-state index contributed by atoms with van der Waals surface area (Å²) in [6.45, 7) is -2.49. The number of aromatic nitrogens is 2. The number of hydrogen-bond donors (Lipinski definition) is 3. The minimum Gasteiger partial charge on any atom is -0.496 e. The van der Waals surface area contributed by atoms with Gasteiger partial charge in [-0.3, -0.25) is 14.4 Å². The average Bonchev–Trinajstić information content (AvgIpc) is 3.57. The van der Waals surface area contributed by atoms with Crippen LogP contribution in [0.3, 0.4) is 0 Å². The molecule has 9 nitrogen and oxygen atoms in total. The summed E-state index contributed by atoms with van der Waals surface area (Å²) < 4.78 is 28.1. The van der Waals surface area contributed by atoms with Crippen molar-refractivity contribution in [3.63, 3.8) is 0 Å². The minimum atomic E-state index is -2.49. The number of nitrogens with one attached hydrogen (secondary N) is 3. The number of aryl methyl sites for hydroxylation is 1. The molecule has 28 heavy (non-hydrogen) atoms. The lowest BCUT2D eigenvalue weighted by atomic mass is 10.1. The number of methoxy groups -OCH3 is 1. The Balaban J connectivity index is 1.95. The van der Waals surface area contributed by atoms with Gasteiger partial charge in [0.2, 0.25) is 5.91 Å². The van der Waals surface area contributed by atoms with Gasteiger partial charge in [0, 0.05) is 23.1 Å². The molecule has 0 radical (unpaired) electrons. The highest BCUT2D eigenvalue weighted by atomic mass is 16.5. The number of carbonyl (C=O) groups is 3. The third-order valence-corrected chi connectivity index (χ3v) is 4.15. The number of carbonyl (C=O) groups excluding carboxylic acids is 3. The summed E-state index contributed by atoms with van der Waals surface area (Å²) in [6.07, 6.45) is 1.58. The Labute approximate surface area is 166 Å². The van der Waals surface area contributed by atoms with Gasteiger partial charge in [0.05, 0.1) is 18.4 Å². The summed E-state index contributed by atoms with van der Waals surface area (Å²) in [5.74, 6) is -1.66. The van der Waals surface area contributed by atoms with E-state index in [9.17, 15) is 14.4 Å². The molecule has 0 atom stereocenters. The molecule has 0 bridgehead atoms. The standard InChI is InChI=1S/C19H21N5O4/c1-10-5-4-6-12(16(10)28-3)18(26)21-13-9-14(22-17(25)11-7-8-11)23-24-15(13)19(27)20-2/h4-6,9,11H,7-8H2,1-3H3,(H,20,27)(H2,21,22,23,25,26)/i1D3. The molecule has 0 aliphatic heterocycles. The summed E-state index contributed by atoms with van der Waals surface area (Å²) in [5.41, 5.74) is -0.350. The van der Waals surface area contributed by atoms with E-state index in [0.717, 1.165) is 12.8 Å². The maximum atomic E-state index is 12.9. The molecular weight excluding hydrogens is 362 g/mol. The smallest absolute Gasteiger partial charge is 0.273 e. The van der Waals surface area contributed by atoms with Crippen LogP contribution in [-0.2, 0) is 4.79 Å². The lowest BCUT2D eigenvalue weighted by Crippen LogP contribution is -2.24. The number of rotatable bonds is 6. The molecule has 2 aromatic rings. The number of para-hydroxylation sites is 1. The highest BCUT2D eigenvalue weighted by Crippen LogP contribution is 2.30. The third-order valence-electron chi connectivity index (χ3n) is 4.15. The highest BCUT2D eigenvalue weighted by molar-refractivity contribution is 6.10. The van der Waals surface area contributed by atoms with Gasteiger partial charge in [-0.1, -0.05) is 12.1 Å². The molecule has 3 rings (SSSR count).